The summed E-state index contributed by atoms with van der Waals surface area (Å²) in [6.45, 7) is 4.54. The normalized spacial score (nSPS) is 11.7. The molecule has 3 N–H and O–H groups in total. The van der Waals surface area contributed by atoms with Gasteiger partial charge in [-0.05, 0) is 53.0 Å². The van der Waals surface area contributed by atoms with Crippen LogP contribution in [0.1, 0.15) is 16.8 Å². The molecule has 0 bridgehead atoms. The molecule has 0 saturated carbocycles. The van der Waals surface area contributed by atoms with E-state index in [1.165, 1.54) is 11.1 Å². The van der Waals surface area contributed by atoms with Gasteiger partial charge in [-0.25, -0.2) is 4.99 Å². The molecule has 0 radical (unpaired) electrons. The molecule has 1 aromatic carbocycles. The average Bonchev–Trinajstić information content (AvgIpc) is 2.64. The van der Waals surface area contributed by atoms with Crippen LogP contribution in [0.5, 0.6) is 0 Å². The molecule has 20 heavy (non-hydrogen) atoms. The van der Waals surface area contributed by atoms with Gasteiger partial charge in [-0.15, -0.1) is 0 Å². The van der Waals surface area contributed by atoms with Crippen LogP contribution in [-0.2, 0) is 13.6 Å². The van der Waals surface area contributed by atoms with Crippen molar-refractivity contribution in [2.24, 2.45) is 17.8 Å². The van der Waals surface area contributed by atoms with Crippen molar-refractivity contribution in [2.75, 3.05) is 5.32 Å². The van der Waals surface area contributed by atoms with Crippen LogP contribution in [0.3, 0.4) is 0 Å². The fraction of sp³-hybridized carbons (Fsp3) is 0.286. The van der Waals surface area contributed by atoms with Crippen LogP contribution in [0.4, 0.5) is 5.69 Å². The molecule has 2 rings (SSSR count). The molecule has 0 aliphatic carbocycles. The quantitative estimate of drug-likeness (QED) is 0.669. The Balaban J connectivity index is 2.05. The standard InChI is InChI=1S/C14H18BrN5/c1-9-4-10(2)6-11(5-9)18-14(16)17-7-13-12(15)8-20(3)19-13/h4-6,8H,7H2,1-3H3,(H3,16,17,18). The Bertz CT molecular complexity index is 625. The van der Waals surface area contributed by atoms with E-state index in [2.05, 4.69) is 51.3 Å². The van der Waals surface area contributed by atoms with E-state index in [1.54, 1.807) is 4.68 Å². The van der Waals surface area contributed by atoms with Gasteiger partial charge in [0.2, 0.25) is 0 Å². The van der Waals surface area contributed by atoms with E-state index in [0.29, 0.717) is 12.5 Å². The third-order valence-electron chi connectivity index (χ3n) is 2.75. The maximum atomic E-state index is 5.90. The number of halogens is 1. The minimum absolute atomic E-state index is 0.382. The molecule has 2 aromatic rings. The number of rotatable bonds is 3. The highest BCUT2D eigenvalue weighted by Crippen LogP contribution is 2.16. The van der Waals surface area contributed by atoms with Crippen LogP contribution >= 0.6 is 15.9 Å². The highest BCUT2D eigenvalue weighted by molar-refractivity contribution is 9.10. The van der Waals surface area contributed by atoms with E-state index in [-0.39, 0.29) is 0 Å². The predicted molar refractivity (Wildman–Crippen MR) is 85.8 cm³/mol. The lowest BCUT2D eigenvalue weighted by Crippen LogP contribution is -2.22. The number of hydrogen-bond donors (Lipinski definition) is 2. The highest BCUT2D eigenvalue weighted by Gasteiger charge is 2.04. The van der Waals surface area contributed by atoms with E-state index in [1.807, 2.05) is 25.4 Å². The predicted octanol–water partition coefficient (Wildman–Crippen LogP) is 2.73. The second kappa shape index (κ2) is 6.09. The minimum Gasteiger partial charge on any atom is -0.370 e. The number of benzene rings is 1. The molecule has 1 aromatic heterocycles. The zero-order valence-corrected chi connectivity index (χ0v) is 13.4. The van der Waals surface area contributed by atoms with Gasteiger partial charge < -0.3 is 11.1 Å². The maximum Gasteiger partial charge on any atom is 0.193 e. The Labute approximate surface area is 127 Å². The number of nitrogens with zero attached hydrogens (tertiary/aromatic N) is 3. The van der Waals surface area contributed by atoms with Crippen LogP contribution in [0, 0.1) is 13.8 Å². The Morgan fingerprint density at radius 3 is 2.55 bits per heavy atom. The molecular weight excluding hydrogens is 318 g/mol. The first kappa shape index (κ1) is 14.6. The second-order valence-corrected chi connectivity index (χ2v) is 5.65. The van der Waals surface area contributed by atoms with Gasteiger partial charge in [0.15, 0.2) is 5.96 Å². The fourth-order valence-corrected chi connectivity index (χ4v) is 2.51. The SMILES string of the molecule is Cc1cc(C)cc(NC(N)=NCc2nn(C)cc2Br)c1. The zero-order chi connectivity index (χ0) is 14.7. The Morgan fingerprint density at radius 1 is 1.35 bits per heavy atom. The van der Waals surface area contributed by atoms with E-state index >= 15 is 0 Å². The largest absolute Gasteiger partial charge is 0.370 e. The number of hydrogen-bond acceptors (Lipinski definition) is 2. The Kier molecular flexibility index (Phi) is 4.44. The van der Waals surface area contributed by atoms with Gasteiger partial charge in [0, 0.05) is 18.9 Å². The summed E-state index contributed by atoms with van der Waals surface area (Å²) in [7, 11) is 1.87. The van der Waals surface area contributed by atoms with Crippen molar-refractivity contribution in [3.05, 3.63) is 45.7 Å². The van der Waals surface area contributed by atoms with Crippen LogP contribution < -0.4 is 11.1 Å². The monoisotopic (exact) mass is 335 g/mol. The van der Waals surface area contributed by atoms with E-state index in [4.69, 9.17) is 5.73 Å². The molecular formula is C14H18BrN5. The van der Waals surface area contributed by atoms with Crippen molar-refractivity contribution in [1.29, 1.82) is 0 Å². The number of aromatic nitrogens is 2. The molecule has 0 aliphatic heterocycles. The second-order valence-electron chi connectivity index (χ2n) is 4.80. The first-order chi connectivity index (χ1) is 9.44. The molecule has 106 valence electrons. The van der Waals surface area contributed by atoms with Crippen LogP contribution in [0.15, 0.2) is 33.9 Å². The molecule has 0 unspecified atom stereocenters. The summed E-state index contributed by atoms with van der Waals surface area (Å²) in [6, 6.07) is 6.18. The van der Waals surface area contributed by atoms with Gasteiger partial charge in [-0.1, -0.05) is 6.07 Å². The van der Waals surface area contributed by atoms with E-state index < -0.39 is 0 Å². The van der Waals surface area contributed by atoms with Crippen molar-refractivity contribution in [2.45, 2.75) is 20.4 Å². The first-order valence-electron chi connectivity index (χ1n) is 6.27. The van der Waals surface area contributed by atoms with Crippen molar-refractivity contribution >= 4 is 27.6 Å². The van der Waals surface area contributed by atoms with Crippen molar-refractivity contribution in [3.63, 3.8) is 0 Å². The summed E-state index contributed by atoms with van der Waals surface area (Å²) < 4.78 is 2.67. The summed E-state index contributed by atoms with van der Waals surface area (Å²) >= 11 is 3.44. The molecule has 0 saturated heterocycles. The van der Waals surface area contributed by atoms with Gasteiger partial charge in [0.1, 0.15) is 0 Å². The van der Waals surface area contributed by atoms with Gasteiger partial charge >= 0.3 is 0 Å². The Morgan fingerprint density at radius 2 is 2.00 bits per heavy atom. The lowest BCUT2D eigenvalue weighted by atomic mass is 10.1. The third-order valence-corrected chi connectivity index (χ3v) is 3.41. The summed E-state index contributed by atoms with van der Waals surface area (Å²) in [6.07, 6.45) is 1.89. The minimum atomic E-state index is 0.382. The van der Waals surface area contributed by atoms with E-state index in [0.717, 1.165) is 15.9 Å². The summed E-state index contributed by atoms with van der Waals surface area (Å²) in [5, 5.41) is 7.39. The van der Waals surface area contributed by atoms with Gasteiger partial charge in [0.05, 0.1) is 16.7 Å². The average molecular weight is 336 g/mol. The van der Waals surface area contributed by atoms with Crippen molar-refractivity contribution in [1.82, 2.24) is 9.78 Å². The highest BCUT2D eigenvalue weighted by atomic mass is 79.9. The number of nitrogens with one attached hydrogen (secondary N) is 1. The number of guanidine groups is 1. The maximum absolute atomic E-state index is 5.90. The van der Waals surface area contributed by atoms with Gasteiger partial charge in [-0.2, -0.15) is 5.10 Å². The van der Waals surface area contributed by atoms with Crippen molar-refractivity contribution < 1.29 is 0 Å². The molecule has 1 heterocycles. The molecule has 0 atom stereocenters. The third kappa shape index (κ3) is 3.84. The lowest BCUT2D eigenvalue weighted by Gasteiger charge is -2.07. The fourth-order valence-electron chi connectivity index (χ4n) is 2.01. The molecule has 0 spiro atoms. The summed E-state index contributed by atoms with van der Waals surface area (Å²) in [5.41, 5.74) is 10.1. The number of aliphatic imine (C=N–C) groups is 1. The Hall–Kier alpha value is -1.82. The molecule has 0 fully saturated rings. The lowest BCUT2D eigenvalue weighted by molar-refractivity contribution is 0.743. The van der Waals surface area contributed by atoms with Crippen molar-refractivity contribution in [3.8, 4) is 0 Å². The molecule has 6 heteroatoms. The topological polar surface area (TPSA) is 68.2 Å². The van der Waals surface area contributed by atoms with Crippen LogP contribution in [-0.4, -0.2) is 15.7 Å². The van der Waals surface area contributed by atoms with Crippen LogP contribution in [0.2, 0.25) is 0 Å². The molecule has 0 amide bonds. The summed E-state index contributed by atoms with van der Waals surface area (Å²) in [4.78, 5) is 4.30. The summed E-state index contributed by atoms with van der Waals surface area (Å²) in [5.74, 6) is 0.382. The van der Waals surface area contributed by atoms with Gasteiger partial charge in [-0.3, -0.25) is 4.68 Å². The number of nitrogens with two attached hydrogens (primary N) is 1. The molecule has 0 aliphatic rings. The molecule has 5 nitrogen and oxygen atoms in total. The number of anilines is 1. The van der Waals surface area contributed by atoms with Crippen LogP contribution in [0.25, 0.3) is 0 Å². The zero-order valence-electron chi connectivity index (χ0n) is 11.8. The first-order valence-corrected chi connectivity index (χ1v) is 7.06. The smallest absolute Gasteiger partial charge is 0.193 e. The van der Waals surface area contributed by atoms with E-state index in [9.17, 15) is 0 Å². The number of aryl methyl sites for hydroxylation is 3. The van der Waals surface area contributed by atoms with Gasteiger partial charge in [0.25, 0.3) is 0 Å².